The van der Waals surface area contributed by atoms with Crippen molar-refractivity contribution in [2.75, 3.05) is 0 Å². The van der Waals surface area contributed by atoms with Gasteiger partial charge in [-0.05, 0) is 73.1 Å². The van der Waals surface area contributed by atoms with Crippen molar-refractivity contribution in [3.05, 3.63) is 58.7 Å². The molecule has 5 rings (SSSR count). The Bertz CT molecular complexity index is 957. The smallest absolute Gasteiger partial charge is 0.156 e. The molecular weight excluding hydrogens is 356 g/mol. The number of benzene rings is 1. The Kier molecular flexibility index (Phi) is 4.56. The van der Waals surface area contributed by atoms with E-state index in [4.69, 9.17) is 0 Å². The van der Waals surface area contributed by atoms with Crippen LogP contribution in [0.25, 0.3) is 0 Å². The third kappa shape index (κ3) is 2.86. The zero-order valence-corrected chi connectivity index (χ0v) is 17.4. The van der Waals surface area contributed by atoms with Gasteiger partial charge in [0.15, 0.2) is 5.78 Å². The van der Waals surface area contributed by atoms with Gasteiger partial charge in [-0.1, -0.05) is 48.7 Å². The van der Waals surface area contributed by atoms with E-state index in [9.17, 15) is 9.90 Å². The summed E-state index contributed by atoms with van der Waals surface area (Å²) in [6.45, 7) is 4.38. The Labute approximate surface area is 174 Å². The fourth-order valence-electron chi connectivity index (χ4n) is 7.05. The van der Waals surface area contributed by atoms with Gasteiger partial charge in [0.1, 0.15) is 0 Å². The van der Waals surface area contributed by atoms with Crippen LogP contribution in [-0.2, 0) is 4.79 Å². The van der Waals surface area contributed by atoms with Crippen molar-refractivity contribution in [3.8, 4) is 11.8 Å². The van der Waals surface area contributed by atoms with Crippen LogP contribution in [0.3, 0.4) is 0 Å². The molecule has 0 spiro atoms. The number of aliphatic hydroxyl groups excluding tert-OH is 1. The minimum atomic E-state index is -0.393. The Morgan fingerprint density at radius 3 is 2.69 bits per heavy atom. The lowest BCUT2D eigenvalue weighted by Crippen LogP contribution is -2.48. The lowest BCUT2D eigenvalue weighted by molar-refractivity contribution is -0.114. The lowest BCUT2D eigenvalue weighted by atomic mass is 9.51. The van der Waals surface area contributed by atoms with Crippen LogP contribution in [0.1, 0.15) is 63.9 Å². The van der Waals surface area contributed by atoms with Crippen LogP contribution < -0.4 is 0 Å². The molecule has 2 nitrogen and oxygen atoms in total. The number of carbonyl (C=O) groups is 1. The van der Waals surface area contributed by atoms with E-state index < -0.39 is 6.10 Å². The van der Waals surface area contributed by atoms with Gasteiger partial charge in [-0.3, -0.25) is 4.79 Å². The Morgan fingerprint density at radius 2 is 1.93 bits per heavy atom. The first-order chi connectivity index (χ1) is 14.0. The molecule has 2 heteroatoms. The first-order valence-corrected chi connectivity index (χ1v) is 11.1. The number of aliphatic hydroxyl groups is 1. The van der Waals surface area contributed by atoms with Gasteiger partial charge in [0, 0.05) is 24.2 Å². The largest absolute Gasteiger partial charge is 0.392 e. The summed E-state index contributed by atoms with van der Waals surface area (Å²) in [5, 5.41) is 11.3. The van der Waals surface area contributed by atoms with Crippen molar-refractivity contribution in [3.63, 3.8) is 0 Å². The van der Waals surface area contributed by atoms with Crippen LogP contribution >= 0.6 is 0 Å². The zero-order chi connectivity index (χ0) is 20.2. The molecule has 0 radical (unpaired) electrons. The minimum Gasteiger partial charge on any atom is -0.392 e. The van der Waals surface area contributed by atoms with E-state index in [1.165, 1.54) is 16.7 Å². The van der Waals surface area contributed by atoms with E-state index in [0.29, 0.717) is 30.6 Å². The van der Waals surface area contributed by atoms with Crippen LogP contribution in [-0.4, -0.2) is 17.0 Å². The van der Waals surface area contributed by atoms with E-state index in [0.717, 1.165) is 31.3 Å². The fraction of sp³-hybridized carbons (Fsp3) is 0.519. The number of hydrogen-bond donors (Lipinski definition) is 1. The van der Waals surface area contributed by atoms with Gasteiger partial charge in [0.25, 0.3) is 0 Å². The monoisotopic (exact) mass is 386 g/mol. The average molecular weight is 387 g/mol. The average Bonchev–Trinajstić information content (AvgIpc) is 3.04. The predicted molar refractivity (Wildman–Crippen MR) is 115 cm³/mol. The molecule has 1 N–H and O–H groups in total. The second-order valence-corrected chi connectivity index (χ2v) is 9.67. The Balaban J connectivity index is 1.71. The van der Waals surface area contributed by atoms with Gasteiger partial charge in [0.2, 0.25) is 0 Å². The van der Waals surface area contributed by atoms with Gasteiger partial charge < -0.3 is 5.11 Å². The maximum absolute atomic E-state index is 12.1. The summed E-state index contributed by atoms with van der Waals surface area (Å²) in [5.41, 5.74) is 5.42. The van der Waals surface area contributed by atoms with Crippen LogP contribution in [0.2, 0.25) is 0 Å². The minimum absolute atomic E-state index is 0.130. The van der Waals surface area contributed by atoms with Crippen molar-refractivity contribution in [1.82, 2.24) is 0 Å². The lowest BCUT2D eigenvalue weighted by Gasteiger charge is -2.53. The van der Waals surface area contributed by atoms with Crippen LogP contribution in [0.15, 0.2) is 53.1 Å². The SMILES string of the molecule is CC#CC1CCC2C3C(=C4CCC(=O)C=C4CC3O)C(c3ccccc3)C[C@]12C. The number of rotatable bonds is 1. The highest BCUT2D eigenvalue weighted by atomic mass is 16.3. The molecule has 5 unspecified atom stereocenters. The Hall–Kier alpha value is -2.11. The zero-order valence-electron chi connectivity index (χ0n) is 17.4. The van der Waals surface area contributed by atoms with Crippen LogP contribution in [0.4, 0.5) is 0 Å². The normalized spacial score (nSPS) is 38.4. The van der Waals surface area contributed by atoms with Crippen molar-refractivity contribution in [2.45, 2.75) is 64.4 Å². The number of ketones is 1. The molecule has 0 aromatic heterocycles. The van der Waals surface area contributed by atoms with E-state index >= 15 is 0 Å². The molecule has 1 aromatic carbocycles. The summed E-state index contributed by atoms with van der Waals surface area (Å²) in [4.78, 5) is 12.1. The van der Waals surface area contributed by atoms with Gasteiger partial charge in [-0.25, -0.2) is 0 Å². The summed E-state index contributed by atoms with van der Waals surface area (Å²) in [5.74, 6) is 8.32. The number of allylic oxidation sites excluding steroid dienone is 2. The number of hydrogen-bond acceptors (Lipinski definition) is 2. The topological polar surface area (TPSA) is 37.3 Å². The molecule has 29 heavy (non-hydrogen) atoms. The second-order valence-electron chi connectivity index (χ2n) is 9.67. The quantitative estimate of drug-likeness (QED) is 0.674. The number of carbonyl (C=O) groups excluding carboxylic acids is 1. The van der Waals surface area contributed by atoms with Crippen molar-refractivity contribution in [2.24, 2.45) is 23.2 Å². The molecule has 2 saturated carbocycles. The molecule has 6 atom stereocenters. The third-order valence-corrected chi connectivity index (χ3v) is 8.28. The van der Waals surface area contributed by atoms with Gasteiger partial charge >= 0.3 is 0 Å². The van der Waals surface area contributed by atoms with Crippen molar-refractivity contribution in [1.29, 1.82) is 0 Å². The van der Waals surface area contributed by atoms with E-state index in [2.05, 4.69) is 49.1 Å². The maximum Gasteiger partial charge on any atom is 0.156 e. The molecule has 0 amide bonds. The molecule has 4 aliphatic rings. The van der Waals surface area contributed by atoms with E-state index in [1.807, 2.05) is 13.0 Å². The molecule has 2 fully saturated rings. The van der Waals surface area contributed by atoms with Crippen LogP contribution in [0.5, 0.6) is 0 Å². The highest BCUT2D eigenvalue weighted by Crippen LogP contribution is 2.65. The van der Waals surface area contributed by atoms with E-state index in [1.54, 1.807) is 0 Å². The van der Waals surface area contributed by atoms with Crippen molar-refractivity contribution >= 4 is 5.78 Å². The first kappa shape index (κ1) is 18.9. The highest BCUT2D eigenvalue weighted by molar-refractivity contribution is 5.93. The summed E-state index contributed by atoms with van der Waals surface area (Å²) in [7, 11) is 0. The Morgan fingerprint density at radius 1 is 1.14 bits per heavy atom. The molecule has 0 saturated heterocycles. The highest BCUT2D eigenvalue weighted by Gasteiger charge is 2.58. The van der Waals surface area contributed by atoms with Gasteiger partial charge in [-0.2, -0.15) is 0 Å². The molecule has 150 valence electrons. The fourth-order valence-corrected chi connectivity index (χ4v) is 7.05. The molecular formula is C27H30O2. The molecule has 1 aromatic rings. The van der Waals surface area contributed by atoms with Crippen LogP contribution in [0, 0.1) is 35.0 Å². The summed E-state index contributed by atoms with van der Waals surface area (Å²) in [6, 6.07) is 10.8. The summed E-state index contributed by atoms with van der Waals surface area (Å²) < 4.78 is 0. The summed E-state index contributed by atoms with van der Waals surface area (Å²) >= 11 is 0. The molecule has 0 aliphatic heterocycles. The van der Waals surface area contributed by atoms with Crippen molar-refractivity contribution < 1.29 is 9.90 Å². The van der Waals surface area contributed by atoms with E-state index in [-0.39, 0.29) is 17.1 Å². The summed E-state index contributed by atoms with van der Waals surface area (Å²) in [6.07, 6.45) is 6.88. The molecule has 0 heterocycles. The van der Waals surface area contributed by atoms with Gasteiger partial charge in [-0.15, -0.1) is 5.92 Å². The second kappa shape index (κ2) is 6.99. The maximum atomic E-state index is 12.1. The first-order valence-electron chi connectivity index (χ1n) is 11.1. The predicted octanol–water partition coefficient (Wildman–Crippen LogP) is 5.20. The molecule has 0 bridgehead atoms. The third-order valence-electron chi connectivity index (χ3n) is 8.28. The number of fused-ring (bicyclic) bond motifs is 4. The van der Waals surface area contributed by atoms with Gasteiger partial charge in [0.05, 0.1) is 6.10 Å². The molecule has 4 aliphatic carbocycles. The standard InChI is InChI=1S/C27H30O2/c1-3-7-19-10-13-23-26-24(29)15-18-14-20(28)11-12-21(18)25(26)22(16-27(19,23)2)17-8-5-4-6-9-17/h4-6,8-9,14,19,22-24,26,29H,10-13,15-16H2,1-2H3/t19?,22?,23?,24?,26?,27-/m1/s1.